The Bertz CT molecular complexity index is 1280. The Morgan fingerprint density at radius 1 is 1.10 bits per heavy atom. The number of hydrogen-bond donors (Lipinski definition) is 1. The highest BCUT2D eigenvalue weighted by molar-refractivity contribution is 9.10. The second-order valence-electron chi connectivity index (χ2n) is 6.57. The van der Waals surface area contributed by atoms with E-state index >= 15 is 0 Å². The fourth-order valence-corrected chi connectivity index (χ4v) is 4.25. The Morgan fingerprint density at radius 3 is 2.52 bits per heavy atom. The van der Waals surface area contributed by atoms with Crippen molar-refractivity contribution in [3.05, 3.63) is 73.9 Å². The first-order valence-corrected chi connectivity index (χ1v) is 10.5. The summed E-state index contributed by atoms with van der Waals surface area (Å²) in [7, 11) is 0. The molecule has 0 saturated heterocycles. The second-order valence-corrected chi connectivity index (χ2v) is 8.69. The zero-order valence-electron chi connectivity index (χ0n) is 15.8. The van der Waals surface area contributed by atoms with Crippen LogP contribution in [0.25, 0.3) is 22.0 Å². The first kappa shape index (κ1) is 19.5. The molecule has 2 aromatic heterocycles. The van der Waals surface area contributed by atoms with E-state index in [1.165, 1.54) is 16.0 Å². The molecule has 0 aliphatic carbocycles. The Kier molecular flexibility index (Phi) is 5.29. The molecule has 8 heteroatoms. The molecule has 1 amide bonds. The molecule has 6 nitrogen and oxygen atoms in total. The van der Waals surface area contributed by atoms with Crippen molar-refractivity contribution in [1.29, 1.82) is 0 Å². The number of anilines is 1. The lowest BCUT2D eigenvalue weighted by atomic mass is 10.1. The van der Waals surface area contributed by atoms with E-state index in [9.17, 15) is 9.59 Å². The third-order valence-electron chi connectivity index (χ3n) is 4.51. The fourth-order valence-electron chi connectivity index (χ4n) is 3.13. The number of fused-ring (bicyclic) bond motifs is 1. The van der Waals surface area contributed by atoms with Crippen molar-refractivity contribution in [2.24, 2.45) is 0 Å². The average molecular weight is 469 g/mol. The highest BCUT2D eigenvalue weighted by Crippen LogP contribution is 2.31. The van der Waals surface area contributed by atoms with Gasteiger partial charge in [-0.1, -0.05) is 46.3 Å². The molecule has 2 aromatic carbocycles. The molecular weight excluding hydrogens is 452 g/mol. The number of rotatable bonds is 4. The normalized spacial score (nSPS) is 11.0. The summed E-state index contributed by atoms with van der Waals surface area (Å²) in [6.45, 7) is 3.62. The number of amides is 1. The van der Waals surface area contributed by atoms with Crippen LogP contribution in [0.2, 0.25) is 0 Å². The van der Waals surface area contributed by atoms with Gasteiger partial charge in [0.15, 0.2) is 5.13 Å². The van der Waals surface area contributed by atoms with Crippen LogP contribution in [0.4, 0.5) is 5.13 Å². The number of carbonyl (C=O) groups is 1. The van der Waals surface area contributed by atoms with Gasteiger partial charge < -0.3 is 5.32 Å². The minimum Gasteiger partial charge on any atom is -0.300 e. The number of nitrogens with one attached hydrogen (secondary N) is 1. The van der Waals surface area contributed by atoms with Crippen molar-refractivity contribution in [2.75, 3.05) is 5.32 Å². The summed E-state index contributed by atoms with van der Waals surface area (Å²) in [5.41, 5.74) is 2.22. The number of halogens is 1. The molecular formula is C21H17BrN4O2S. The van der Waals surface area contributed by atoms with Crippen LogP contribution in [0, 0.1) is 13.8 Å². The summed E-state index contributed by atoms with van der Waals surface area (Å²) >= 11 is 4.82. The SMILES string of the molecule is Cc1sc(NC(=O)Cn2nc(C)c3ccccc3c2=O)nc1-c1ccc(Br)cc1. The second kappa shape index (κ2) is 7.88. The summed E-state index contributed by atoms with van der Waals surface area (Å²) in [4.78, 5) is 30.7. The minimum atomic E-state index is -0.342. The van der Waals surface area contributed by atoms with E-state index in [0.29, 0.717) is 16.2 Å². The molecule has 0 saturated carbocycles. The summed E-state index contributed by atoms with van der Waals surface area (Å²) in [6, 6.07) is 15.1. The quantitative estimate of drug-likeness (QED) is 0.476. The molecule has 0 radical (unpaired) electrons. The lowest BCUT2D eigenvalue weighted by molar-refractivity contribution is -0.117. The molecule has 2 heterocycles. The average Bonchev–Trinajstić information content (AvgIpc) is 3.06. The predicted molar refractivity (Wildman–Crippen MR) is 119 cm³/mol. The molecule has 0 fully saturated rings. The molecule has 0 spiro atoms. The van der Waals surface area contributed by atoms with Gasteiger partial charge in [0.1, 0.15) is 6.54 Å². The van der Waals surface area contributed by atoms with E-state index in [1.807, 2.05) is 50.2 Å². The van der Waals surface area contributed by atoms with Gasteiger partial charge in [-0.15, -0.1) is 11.3 Å². The van der Waals surface area contributed by atoms with E-state index < -0.39 is 0 Å². The number of thiazole rings is 1. The maximum atomic E-state index is 12.6. The van der Waals surface area contributed by atoms with E-state index in [2.05, 4.69) is 31.3 Å². The number of benzene rings is 2. The molecule has 0 aliphatic rings. The van der Waals surface area contributed by atoms with Crippen LogP contribution in [0.5, 0.6) is 0 Å². The summed E-state index contributed by atoms with van der Waals surface area (Å²) < 4.78 is 2.19. The first-order valence-electron chi connectivity index (χ1n) is 8.92. The van der Waals surface area contributed by atoms with Crippen molar-refractivity contribution in [1.82, 2.24) is 14.8 Å². The van der Waals surface area contributed by atoms with Crippen molar-refractivity contribution in [3.8, 4) is 11.3 Å². The van der Waals surface area contributed by atoms with Gasteiger partial charge in [-0.2, -0.15) is 5.10 Å². The third kappa shape index (κ3) is 3.99. The predicted octanol–water partition coefficient (Wildman–Crippen LogP) is 4.54. The lowest BCUT2D eigenvalue weighted by Crippen LogP contribution is -2.30. The van der Waals surface area contributed by atoms with Crippen molar-refractivity contribution in [3.63, 3.8) is 0 Å². The minimum absolute atomic E-state index is 0.170. The monoisotopic (exact) mass is 468 g/mol. The van der Waals surface area contributed by atoms with Crippen LogP contribution in [-0.2, 0) is 11.3 Å². The number of aromatic nitrogens is 3. The van der Waals surface area contributed by atoms with Crippen LogP contribution < -0.4 is 10.9 Å². The van der Waals surface area contributed by atoms with Gasteiger partial charge in [-0.3, -0.25) is 9.59 Å². The zero-order valence-corrected chi connectivity index (χ0v) is 18.2. The molecule has 29 heavy (non-hydrogen) atoms. The van der Waals surface area contributed by atoms with Crippen LogP contribution in [0.3, 0.4) is 0 Å². The highest BCUT2D eigenvalue weighted by Gasteiger charge is 2.14. The largest absolute Gasteiger partial charge is 0.300 e. The fraction of sp³-hybridized carbons (Fsp3) is 0.143. The van der Waals surface area contributed by atoms with Crippen molar-refractivity contribution < 1.29 is 4.79 Å². The van der Waals surface area contributed by atoms with Gasteiger partial charge in [0.05, 0.1) is 16.8 Å². The van der Waals surface area contributed by atoms with Gasteiger partial charge in [0.25, 0.3) is 5.56 Å². The van der Waals surface area contributed by atoms with Crippen LogP contribution in [-0.4, -0.2) is 20.7 Å². The molecule has 0 aliphatic heterocycles. The van der Waals surface area contributed by atoms with Gasteiger partial charge in [0, 0.05) is 20.3 Å². The summed E-state index contributed by atoms with van der Waals surface area (Å²) in [5, 5.41) is 8.91. The van der Waals surface area contributed by atoms with Gasteiger partial charge in [0.2, 0.25) is 5.91 Å². The maximum Gasteiger partial charge on any atom is 0.275 e. The van der Waals surface area contributed by atoms with E-state index in [-0.39, 0.29) is 18.0 Å². The topological polar surface area (TPSA) is 76.9 Å². The highest BCUT2D eigenvalue weighted by atomic mass is 79.9. The lowest BCUT2D eigenvalue weighted by Gasteiger charge is -2.08. The Hall–Kier alpha value is -2.84. The van der Waals surface area contributed by atoms with E-state index in [1.54, 1.807) is 12.1 Å². The Labute approximate surface area is 179 Å². The molecule has 4 aromatic rings. The Balaban J connectivity index is 1.56. The molecule has 0 atom stereocenters. The Morgan fingerprint density at radius 2 is 1.79 bits per heavy atom. The first-order chi connectivity index (χ1) is 13.9. The van der Waals surface area contributed by atoms with E-state index in [4.69, 9.17) is 0 Å². The molecule has 146 valence electrons. The van der Waals surface area contributed by atoms with E-state index in [0.717, 1.165) is 26.0 Å². The number of hydrogen-bond acceptors (Lipinski definition) is 5. The third-order valence-corrected chi connectivity index (χ3v) is 5.92. The van der Waals surface area contributed by atoms with Gasteiger partial charge >= 0.3 is 0 Å². The number of aryl methyl sites for hydroxylation is 2. The van der Waals surface area contributed by atoms with Crippen molar-refractivity contribution >= 4 is 49.1 Å². The van der Waals surface area contributed by atoms with Gasteiger partial charge in [-0.05, 0) is 32.0 Å². The zero-order chi connectivity index (χ0) is 20.5. The van der Waals surface area contributed by atoms with Crippen LogP contribution in [0.1, 0.15) is 10.6 Å². The van der Waals surface area contributed by atoms with Gasteiger partial charge in [-0.25, -0.2) is 9.67 Å². The number of carbonyl (C=O) groups excluding carboxylic acids is 1. The molecule has 0 bridgehead atoms. The van der Waals surface area contributed by atoms with Crippen molar-refractivity contribution in [2.45, 2.75) is 20.4 Å². The standard InChI is InChI=1S/C21H17BrN4O2S/c1-12-16-5-3-4-6-17(16)20(28)26(25-12)11-18(27)23-21-24-19(13(2)29-21)14-7-9-15(22)10-8-14/h3-10H,11H2,1-2H3,(H,23,24,27). The summed E-state index contributed by atoms with van der Waals surface area (Å²) in [6.07, 6.45) is 0. The van der Waals surface area contributed by atoms with Crippen LogP contribution in [0.15, 0.2) is 57.8 Å². The smallest absolute Gasteiger partial charge is 0.275 e. The summed E-state index contributed by atoms with van der Waals surface area (Å²) in [5.74, 6) is -0.342. The molecule has 1 N–H and O–H groups in total. The van der Waals surface area contributed by atoms with Crippen LogP contribution >= 0.6 is 27.3 Å². The maximum absolute atomic E-state index is 12.6. The number of nitrogens with zero attached hydrogens (tertiary/aromatic N) is 3. The molecule has 0 unspecified atom stereocenters. The molecule has 4 rings (SSSR count).